The highest BCUT2D eigenvalue weighted by Crippen LogP contribution is 2.44. The van der Waals surface area contributed by atoms with E-state index in [0.717, 1.165) is 29.0 Å². The van der Waals surface area contributed by atoms with E-state index in [-0.39, 0.29) is 5.78 Å². The average molecular weight is 313 g/mol. The molecule has 0 spiro atoms. The van der Waals surface area contributed by atoms with E-state index in [4.69, 9.17) is 9.47 Å². The van der Waals surface area contributed by atoms with Gasteiger partial charge in [-0.15, -0.1) is 0 Å². The molecule has 0 saturated heterocycles. The van der Waals surface area contributed by atoms with E-state index in [1.54, 1.807) is 0 Å². The summed E-state index contributed by atoms with van der Waals surface area (Å²) < 4.78 is 11.9. The Morgan fingerprint density at radius 3 is 2.65 bits per heavy atom. The maximum absolute atomic E-state index is 12.6. The fourth-order valence-electron chi connectivity index (χ4n) is 3.99. The normalized spacial score (nSPS) is 21.0. The molecular formula is C19H23NO3. The highest BCUT2D eigenvalue weighted by atomic mass is 16.5. The van der Waals surface area contributed by atoms with Gasteiger partial charge in [0.2, 0.25) is 5.78 Å². The van der Waals surface area contributed by atoms with Crippen LogP contribution in [-0.4, -0.2) is 23.5 Å². The number of fused-ring (bicyclic) bond motifs is 2. The Labute approximate surface area is 137 Å². The van der Waals surface area contributed by atoms with Crippen molar-refractivity contribution < 1.29 is 14.3 Å². The van der Waals surface area contributed by atoms with Gasteiger partial charge in [-0.2, -0.15) is 0 Å². The van der Waals surface area contributed by atoms with Crippen molar-refractivity contribution in [3.05, 3.63) is 34.1 Å². The minimum atomic E-state index is 0.00360. The van der Waals surface area contributed by atoms with Gasteiger partial charge in [0.25, 0.3) is 0 Å². The van der Waals surface area contributed by atoms with Crippen LogP contribution >= 0.6 is 0 Å². The average Bonchev–Trinajstić information content (AvgIpc) is 3.16. The molecule has 23 heavy (non-hydrogen) atoms. The Hall–Kier alpha value is -1.81. The van der Waals surface area contributed by atoms with Crippen LogP contribution in [-0.2, 0) is 6.54 Å². The zero-order chi connectivity index (χ0) is 16.1. The number of hydrogen-bond acceptors (Lipinski definition) is 4. The predicted molar refractivity (Wildman–Crippen MR) is 87.8 cm³/mol. The Bertz CT molecular complexity index is 710. The highest BCUT2D eigenvalue weighted by molar-refractivity contribution is 6.13. The van der Waals surface area contributed by atoms with Crippen molar-refractivity contribution in [3.63, 3.8) is 0 Å². The molecular weight excluding hydrogens is 290 g/mol. The Morgan fingerprint density at radius 2 is 1.96 bits per heavy atom. The number of ketones is 1. The van der Waals surface area contributed by atoms with Gasteiger partial charge in [0.1, 0.15) is 18.2 Å². The van der Waals surface area contributed by atoms with E-state index >= 15 is 0 Å². The molecule has 1 aromatic rings. The first-order valence-electron chi connectivity index (χ1n) is 8.49. The number of allylic oxidation sites excluding steroid dienone is 2. The number of rotatable bonds is 1. The van der Waals surface area contributed by atoms with Crippen LogP contribution in [0.1, 0.15) is 61.0 Å². The van der Waals surface area contributed by atoms with Crippen molar-refractivity contribution in [1.82, 2.24) is 4.90 Å². The number of benzene rings is 1. The Morgan fingerprint density at radius 1 is 1.22 bits per heavy atom. The summed E-state index contributed by atoms with van der Waals surface area (Å²) in [6, 6.07) is 2.61. The summed E-state index contributed by atoms with van der Waals surface area (Å²) in [5.41, 5.74) is 3.67. The molecule has 0 bridgehead atoms. The number of nitrogens with zero attached hydrogens (tertiary/aromatic N) is 1. The van der Waals surface area contributed by atoms with Crippen molar-refractivity contribution in [3.8, 4) is 11.5 Å². The lowest BCUT2D eigenvalue weighted by molar-refractivity contribution is 0.0570. The number of carbonyl (C=O) groups excluding carboxylic acids is 1. The number of ether oxygens (including phenoxy) is 2. The molecule has 2 heterocycles. The van der Waals surface area contributed by atoms with Gasteiger partial charge in [0, 0.05) is 23.7 Å². The zero-order valence-electron chi connectivity index (χ0n) is 14.1. The molecule has 1 fully saturated rings. The maximum atomic E-state index is 12.6. The summed E-state index contributed by atoms with van der Waals surface area (Å²) in [7, 11) is 0. The molecule has 3 aliphatic rings. The molecule has 1 aliphatic carbocycles. The maximum Gasteiger partial charge on any atom is 0.231 e. The van der Waals surface area contributed by atoms with Crippen molar-refractivity contribution in [2.45, 2.75) is 59.0 Å². The van der Waals surface area contributed by atoms with Gasteiger partial charge >= 0.3 is 0 Å². The van der Waals surface area contributed by atoms with Crippen LogP contribution in [0.4, 0.5) is 0 Å². The van der Waals surface area contributed by atoms with E-state index in [9.17, 15) is 4.79 Å². The van der Waals surface area contributed by atoms with Crippen LogP contribution in [0.3, 0.4) is 0 Å². The summed E-state index contributed by atoms with van der Waals surface area (Å²) in [6.07, 6.45) is 5.14. The molecule has 0 N–H and O–H groups in total. The molecule has 1 aromatic carbocycles. The molecule has 0 atom stereocenters. The van der Waals surface area contributed by atoms with E-state index < -0.39 is 0 Å². The smallest absolute Gasteiger partial charge is 0.231 e. The topological polar surface area (TPSA) is 38.8 Å². The lowest BCUT2D eigenvalue weighted by Crippen LogP contribution is -2.39. The summed E-state index contributed by atoms with van der Waals surface area (Å²) in [4.78, 5) is 15.0. The van der Waals surface area contributed by atoms with E-state index in [0.29, 0.717) is 29.8 Å². The van der Waals surface area contributed by atoms with Crippen molar-refractivity contribution in [2.24, 2.45) is 0 Å². The van der Waals surface area contributed by atoms with Crippen LogP contribution in [0.5, 0.6) is 11.5 Å². The third kappa shape index (κ3) is 2.27. The molecule has 0 radical (unpaired) electrons. The Kier molecular flexibility index (Phi) is 3.45. The first-order chi connectivity index (χ1) is 11.1. The van der Waals surface area contributed by atoms with E-state index in [1.807, 2.05) is 26.8 Å². The minimum Gasteiger partial charge on any atom is -0.477 e. The largest absolute Gasteiger partial charge is 0.477 e. The molecule has 0 unspecified atom stereocenters. The van der Waals surface area contributed by atoms with Gasteiger partial charge in [0.15, 0.2) is 5.76 Å². The van der Waals surface area contributed by atoms with Crippen LogP contribution in [0, 0.1) is 6.92 Å². The van der Waals surface area contributed by atoms with E-state index in [2.05, 4.69) is 4.90 Å². The molecule has 0 amide bonds. The van der Waals surface area contributed by atoms with Crippen LogP contribution in [0.2, 0.25) is 0 Å². The SMILES string of the molecule is CC(C)=C1Oc2c(cc3c(c2C)OCN(C2CCCC2)C3)C1=O. The lowest BCUT2D eigenvalue weighted by atomic mass is 9.99. The second kappa shape index (κ2) is 5.38. The van der Waals surface area contributed by atoms with Gasteiger partial charge in [0.05, 0.1) is 5.56 Å². The van der Waals surface area contributed by atoms with Crippen molar-refractivity contribution >= 4 is 5.78 Å². The van der Waals surface area contributed by atoms with Crippen molar-refractivity contribution in [2.75, 3.05) is 6.73 Å². The quantitative estimate of drug-likeness (QED) is 0.736. The van der Waals surface area contributed by atoms with Crippen LogP contribution in [0.15, 0.2) is 17.4 Å². The monoisotopic (exact) mass is 313 g/mol. The molecule has 122 valence electrons. The molecule has 1 saturated carbocycles. The lowest BCUT2D eigenvalue weighted by Gasteiger charge is -2.34. The fraction of sp³-hybridized carbons (Fsp3) is 0.526. The number of carbonyl (C=O) groups is 1. The molecule has 0 aromatic heterocycles. The predicted octanol–water partition coefficient (Wildman–Crippen LogP) is 3.96. The summed E-state index contributed by atoms with van der Waals surface area (Å²) in [5.74, 6) is 2.06. The van der Waals surface area contributed by atoms with Crippen LogP contribution < -0.4 is 9.47 Å². The summed E-state index contributed by atoms with van der Waals surface area (Å²) in [6.45, 7) is 7.32. The first-order valence-corrected chi connectivity index (χ1v) is 8.49. The standard InChI is InChI=1S/C19H23NO3/c1-11(2)17-16(21)15-8-13-9-20(14-6-4-5-7-14)10-22-18(13)12(3)19(15)23-17/h8,14H,4-7,9-10H2,1-3H3. The van der Waals surface area contributed by atoms with Gasteiger partial charge in [-0.25, -0.2) is 0 Å². The molecule has 4 heteroatoms. The van der Waals surface area contributed by atoms with Gasteiger partial charge in [-0.1, -0.05) is 12.8 Å². The van der Waals surface area contributed by atoms with Gasteiger partial charge in [-0.05, 0) is 45.3 Å². The fourth-order valence-corrected chi connectivity index (χ4v) is 3.99. The van der Waals surface area contributed by atoms with Crippen molar-refractivity contribution in [1.29, 1.82) is 0 Å². The van der Waals surface area contributed by atoms with Gasteiger partial charge < -0.3 is 9.47 Å². The summed E-state index contributed by atoms with van der Waals surface area (Å²) >= 11 is 0. The van der Waals surface area contributed by atoms with E-state index in [1.165, 1.54) is 25.7 Å². The minimum absolute atomic E-state index is 0.00360. The second-order valence-electron chi connectivity index (χ2n) is 7.09. The third-order valence-corrected chi connectivity index (χ3v) is 5.23. The summed E-state index contributed by atoms with van der Waals surface area (Å²) in [5, 5.41) is 0. The first kappa shape index (κ1) is 14.8. The Balaban J connectivity index is 1.71. The third-order valence-electron chi connectivity index (χ3n) is 5.23. The highest BCUT2D eigenvalue weighted by Gasteiger charge is 2.35. The number of Topliss-reactive ketones (excluding diaryl/α,β-unsaturated/α-hetero) is 1. The molecule has 2 aliphatic heterocycles. The molecule has 4 rings (SSSR count). The molecule has 4 nitrogen and oxygen atoms in total. The van der Waals surface area contributed by atoms with Crippen LogP contribution in [0.25, 0.3) is 0 Å². The van der Waals surface area contributed by atoms with Gasteiger partial charge in [-0.3, -0.25) is 9.69 Å². The number of hydrogen-bond donors (Lipinski definition) is 0. The second-order valence-corrected chi connectivity index (χ2v) is 7.09. The zero-order valence-corrected chi connectivity index (χ0v) is 14.1.